The number of carbonyl (C=O) groups excluding carboxylic acids is 2. The molecule has 1 fully saturated rings. The summed E-state index contributed by atoms with van der Waals surface area (Å²) < 4.78 is 1.68. The highest BCUT2D eigenvalue weighted by molar-refractivity contribution is 6.00. The van der Waals surface area contributed by atoms with Gasteiger partial charge in [-0.05, 0) is 13.8 Å². The van der Waals surface area contributed by atoms with Crippen molar-refractivity contribution in [3.63, 3.8) is 0 Å². The number of nitrogens with one attached hydrogen (secondary N) is 1. The Kier molecular flexibility index (Phi) is 3.68. The summed E-state index contributed by atoms with van der Waals surface area (Å²) >= 11 is 0. The van der Waals surface area contributed by atoms with Crippen LogP contribution in [-0.4, -0.2) is 45.1 Å². The Balaban J connectivity index is 2.33. The lowest BCUT2D eigenvalue weighted by atomic mass is 9.99. The molecule has 0 aliphatic carbocycles. The number of hydrogen-bond donors (Lipinski definition) is 2. The Hall–Kier alpha value is -1.73. The molecule has 19 heavy (non-hydrogen) atoms. The van der Waals surface area contributed by atoms with E-state index in [1.54, 1.807) is 17.8 Å². The molecule has 0 spiro atoms. The zero-order valence-corrected chi connectivity index (χ0v) is 11.3. The van der Waals surface area contributed by atoms with E-state index in [1.165, 1.54) is 0 Å². The van der Waals surface area contributed by atoms with E-state index in [1.807, 2.05) is 25.1 Å². The van der Waals surface area contributed by atoms with Crippen LogP contribution in [0.2, 0.25) is 0 Å². The topological polar surface area (TPSA) is 93.2 Å². The number of hydrogen-bond acceptors (Lipinski definition) is 5. The van der Waals surface area contributed by atoms with Crippen LogP contribution in [0.25, 0.3) is 0 Å². The van der Waals surface area contributed by atoms with Crippen LogP contribution >= 0.6 is 0 Å². The Labute approximate surface area is 111 Å². The number of imide groups is 1. The number of amides is 2. The predicted molar refractivity (Wildman–Crippen MR) is 68.9 cm³/mol. The summed E-state index contributed by atoms with van der Waals surface area (Å²) in [5.74, 6) is -0.580. The average Bonchev–Trinajstić information content (AvgIpc) is 2.71. The first-order valence-corrected chi connectivity index (χ1v) is 6.23. The molecule has 0 aromatic carbocycles. The van der Waals surface area contributed by atoms with E-state index >= 15 is 0 Å². The van der Waals surface area contributed by atoms with Crippen molar-refractivity contribution in [2.75, 3.05) is 6.54 Å². The fraction of sp³-hybridized carbons (Fsp3) is 0.583. The smallest absolute Gasteiger partial charge is 0.243 e. The maximum absolute atomic E-state index is 11.7. The standard InChI is InChI=1S/C12H19N5O2/c1-7(13)11(9-4-14-16(3)5-9)17-6-10(18)15-12(19)8(17)2/h4-5,7-8,11H,6,13H2,1-3H3,(H,15,18,19). The second kappa shape index (κ2) is 5.10. The Bertz CT molecular complexity index is 496. The molecule has 0 saturated carbocycles. The van der Waals surface area contributed by atoms with E-state index in [-0.39, 0.29) is 30.4 Å². The van der Waals surface area contributed by atoms with Crippen molar-refractivity contribution in [3.8, 4) is 0 Å². The van der Waals surface area contributed by atoms with E-state index < -0.39 is 6.04 Å². The largest absolute Gasteiger partial charge is 0.326 e. The van der Waals surface area contributed by atoms with E-state index in [0.717, 1.165) is 5.56 Å². The number of aryl methyl sites for hydroxylation is 1. The Morgan fingerprint density at radius 3 is 2.74 bits per heavy atom. The van der Waals surface area contributed by atoms with Crippen LogP contribution < -0.4 is 11.1 Å². The zero-order valence-electron chi connectivity index (χ0n) is 11.3. The van der Waals surface area contributed by atoms with Crippen LogP contribution in [0.5, 0.6) is 0 Å². The zero-order chi connectivity index (χ0) is 14.2. The minimum absolute atomic E-state index is 0.161. The summed E-state index contributed by atoms with van der Waals surface area (Å²) in [4.78, 5) is 25.1. The van der Waals surface area contributed by atoms with Crippen molar-refractivity contribution >= 4 is 11.8 Å². The van der Waals surface area contributed by atoms with Gasteiger partial charge in [0.25, 0.3) is 0 Å². The number of aromatic nitrogens is 2. The summed E-state index contributed by atoms with van der Waals surface area (Å²) in [5.41, 5.74) is 6.95. The monoisotopic (exact) mass is 265 g/mol. The van der Waals surface area contributed by atoms with Gasteiger partial charge in [0.15, 0.2) is 0 Å². The van der Waals surface area contributed by atoms with Crippen molar-refractivity contribution in [3.05, 3.63) is 18.0 Å². The van der Waals surface area contributed by atoms with E-state index in [2.05, 4.69) is 10.4 Å². The molecule has 7 nitrogen and oxygen atoms in total. The first kappa shape index (κ1) is 13.7. The minimum atomic E-state index is -0.395. The summed E-state index contributed by atoms with van der Waals surface area (Å²) in [6.45, 7) is 3.79. The third-order valence-electron chi connectivity index (χ3n) is 3.39. The van der Waals surface area contributed by atoms with Crippen LogP contribution in [0.15, 0.2) is 12.4 Å². The molecule has 0 bridgehead atoms. The third kappa shape index (κ3) is 2.66. The van der Waals surface area contributed by atoms with E-state index in [0.29, 0.717) is 0 Å². The SMILES string of the molecule is CC(N)C(c1cnn(C)c1)N1CC(=O)NC(=O)C1C. The van der Waals surface area contributed by atoms with Gasteiger partial charge in [-0.2, -0.15) is 5.10 Å². The maximum atomic E-state index is 11.7. The van der Waals surface area contributed by atoms with Crippen LogP contribution in [0, 0.1) is 0 Å². The van der Waals surface area contributed by atoms with Crippen molar-refractivity contribution in [1.29, 1.82) is 0 Å². The minimum Gasteiger partial charge on any atom is -0.326 e. The number of nitrogens with two attached hydrogens (primary N) is 1. The molecule has 1 aliphatic rings. The average molecular weight is 265 g/mol. The second-order valence-corrected chi connectivity index (χ2v) is 5.01. The molecule has 0 radical (unpaired) electrons. The lowest BCUT2D eigenvalue weighted by Gasteiger charge is -2.39. The molecule has 1 aromatic rings. The van der Waals surface area contributed by atoms with Crippen molar-refractivity contribution in [2.24, 2.45) is 12.8 Å². The van der Waals surface area contributed by atoms with Gasteiger partial charge in [-0.3, -0.25) is 24.5 Å². The van der Waals surface area contributed by atoms with Gasteiger partial charge in [-0.15, -0.1) is 0 Å². The highest BCUT2D eigenvalue weighted by Gasteiger charge is 2.37. The molecular formula is C12H19N5O2. The molecule has 1 aromatic heterocycles. The first-order valence-electron chi connectivity index (χ1n) is 6.23. The highest BCUT2D eigenvalue weighted by Crippen LogP contribution is 2.26. The van der Waals surface area contributed by atoms with Crippen molar-refractivity contribution < 1.29 is 9.59 Å². The van der Waals surface area contributed by atoms with Gasteiger partial charge in [0.2, 0.25) is 11.8 Å². The molecule has 3 atom stereocenters. The van der Waals surface area contributed by atoms with Gasteiger partial charge in [0, 0.05) is 24.8 Å². The molecule has 7 heteroatoms. The van der Waals surface area contributed by atoms with Crippen LogP contribution in [-0.2, 0) is 16.6 Å². The van der Waals surface area contributed by atoms with Gasteiger partial charge in [0.05, 0.1) is 24.8 Å². The quantitative estimate of drug-likeness (QED) is 0.695. The normalized spacial score (nSPS) is 24.1. The summed E-state index contributed by atoms with van der Waals surface area (Å²) in [7, 11) is 1.82. The number of nitrogens with zero attached hydrogens (tertiary/aromatic N) is 3. The molecule has 3 N–H and O–H groups in total. The number of piperazine rings is 1. The molecule has 2 amide bonds. The molecular weight excluding hydrogens is 246 g/mol. The van der Waals surface area contributed by atoms with Crippen LogP contribution in [0.3, 0.4) is 0 Å². The Morgan fingerprint density at radius 1 is 1.53 bits per heavy atom. The number of carbonyl (C=O) groups is 2. The van der Waals surface area contributed by atoms with Gasteiger partial charge in [-0.25, -0.2) is 0 Å². The highest BCUT2D eigenvalue weighted by atomic mass is 16.2. The fourth-order valence-corrected chi connectivity index (χ4v) is 2.46. The summed E-state index contributed by atoms with van der Waals surface area (Å²) in [6.07, 6.45) is 3.58. The lowest BCUT2D eigenvalue weighted by molar-refractivity contribution is -0.141. The first-order chi connectivity index (χ1) is 8.90. The molecule has 1 saturated heterocycles. The van der Waals surface area contributed by atoms with Gasteiger partial charge >= 0.3 is 0 Å². The van der Waals surface area contributed by atoms with Crippen LogP contribution in [0.1, 0.15) is 25.5 Å². The molecule has 1 aliphatic heterocycles. The molecule has 2 heterocycles. The predicted octanol–water partition coefficient (Wildman–Crippen LogP) is -0.845. The molecule has 2 rings (SSSR count). The molecule has 104 valence electrons. The third-order valence-corrected chi connectivity index (χ3v) is 3.39. The fourth-order valence-electron chi connectivity index (χ4n) is 2.46. The van der Waals surface area contributed by atoms with Gasteiger partial charge in [-0.1, -0.05) is 0 Å². The van der Waals surface area contributed by atoms with Crippen molar-refractivity contribution in [2.45, 2.75) is 32.0 Å². The van der Waals surface area contributed by atoms with Crippen LogP contribution in [0.4, 0.5) is 0 Å². The lowest BCUT2D eigenvalue weighted by Crippen LogP contribution is -2.59. The number of rotatable bonds is 3. The second-order valence-electron chi connectivity index (χ2n) is 5.01. The van der Waals surface area contributed by atoms with E-state index in [4.69, 9.17) is 5.73 Å². The van der Waals surface area contributed by atoms with E-state index in [9.17, 15) is 9.59 Å². The summed E-state index contributed by atoms with van der Waals surface area (Å²) in [6, 6.07) is -0.821. The van der Waals surface area contributed by atoms with Gasteiger partial charge < -0.3 is 5.73 Å². The Morgan fingerprint density at radius 2 is 2.21 bits per heavy atom. The summed E-state index contributed by atoms with van der Waals surface area (Å²) in [5, 5.41) is 6.46. The maximum Gasteiger partial charge on any atom is 0.243 e. The molecule has 3 unspecified atom stereocenters. The van der Waals surface area contributed by atoms with Crippen molar-refractivity contribution in [1.82, 2.24) is 20.0 Å². The van der Waals surface area contributed by atoms with Gasteiger partial charge in [0.1, 0.15) is 0 Å².